The first-order valence-electron chi connectivity index (χ1n) is 6.40. The number of rotatable bonds is 7. The number of hydrogen-bond acceptors (Lipinski definition) is 2. The summed E-state index contributed by atoms with van der Waals surface area (Å²) in [6.07, 6.45) is 8.24. The van der Waals surface area contributed by atoms with Crippen LogP contribution in [-0.4, -0.2) is 12.6 Å². The van der Waals surface area contributed by atoms with Gasteiger partial charge in [-0.3, -0.25) is 4.79 Å². The molecular weight excluding hydrogens is 212 g/mol. The topological polar surface area (TPSA) is 26.3 Å². The van der Waals surface area contributed by atoms with Gasteiger partial charge in [-0.25, -0.2) is 0 Å². The SMILES string of the molecule is CC(C)=CCC/C=C\COC(=O)C(C)C(C)C. The molecule has 2 nitrogen and oxygen atoms in total. The van der Waals surface area contributed by atoms with Gasteiger partial charge in [0, 0.05) is 0 Å². The van der Waals surface area contributed by atoms with Gasteiger partial charge < -0.3 is 4.74 Å². The summed E-state index contributed by atoms with van der Waals surface area (Å²) in [5, 5.41) is 0. The van der Waals surface area contributed by atoms with Gasteiger partial charge in [0.25, 0.3) is 0 Å². The number of esters is 1. The summed E-state index contributed by atoms with van der Waals surface area (Å²) < 4.78 is 5.15. The average molecular weight is 238 g/mol. The fourth-order valence-corrected chi connectivity index (χ4v) is 1.19. The molecule has 0 rings (SSSR count). The highest BCUT2D eigenvalue weighted by atomic mass is 16.5. The van der Waals surface area contributed by atoms with Crippen LogP contribution in [0.3, 0.4) is 0 Å². The van der Waals surface area contributed by atoms with Crippen LogP contribution in [0.1, 0.15) is 47.5 Å². The van der Waals surface area contributed by atoms with Crippen LogP contribution in [-0.2, 0) is 9.53 Å². The van der Waals surface area contributed by atoms with E-state index in [-0.39, 0.29) is 11.9 Å². The summed E-state index contributed by atoms with van der Waals surface area (Å²) >= 11 is 0. The van der Waals surface area contributed by atoms with Crippen molar-refractivity contribution >= 4 is 5.97 Å². The Morgan fingerprint density at radius 3 is 2.29 bits per heavy atom. The third-order valence-electron chi connectivity index (χ3n) is 2.75. The third-order valence-corrected chi connectivity index (χ3v) is 2.75. The summed E-state index contributed by atoms with van der Waals surface area (Å²) in [6, 6.07) is 0. The smallest absolute Gasteiger partial charge is 0.309 e. The van der Waals surface area contributed by atoms with Gasteiger partial charge in [-0.1, -0.05) is 44.6 Å². The molecule has 0 aliphatic heterocycles. The van der Waals surface area contributed by atoms with E-state index < -0.39 is 0 Å². The number of carbonyl (C=O) groups excluding carboxylic acids is 1. The molecule has 0 fully saturated rings. The molecule has 0 aliphatic rings. The van der Waals surface area contributed by atoms with Crippen molar-refractivity contribution in [3.63, 3.8) is 0 Å². The largest absolute Gasteiger partial charge is 0.461 e. The van der Waals surface area contributed by atoms with E-state index in [2.05, 4.69) is 26.0 Å². The highest BCUT2D eigenvalue weighted by molar-refractivity contribution is 5.72. The van der Waals surface area contributed by atoms with Crippen molar-refractivity contribution in [1.29, 1.82) is 0 Å². The van der Waals surface area contributed by atoms with Crippen molar-refractivity contribution in [2.24, 2.45) is 11.8 Å². The lowest BCUT2D eigenvalue weighted by Gasteiger charge is -2.13. The molecule has 0 aromatic carbocycles. The van der Waals surface area contributed by atoms with E-state index in [1.165, 1.54) is 5.57 Å². The molecule has 0 heterocycles. The van der Waals surface area contributed by atoms with Crippen LogP contribution in [0.4, 0.5) is 0 Å². The van der Waals surface area contributed by atoms with E-state index >= 15 is 0 Å². The van der Waals surface area contributed by atoms with Gasteiger partial charge >= 0.3 is 5.97 Å². The minimum Gasteiger partial charge on any atom is -0.461 e. The molecule has 0 saturated heterocycles. The molecule has 0 N–H and O–H groups in total. The Morgan fingerprint density at radius 1 is 1.12 bits per heavy atom. The zero-order chi connectivity index (χ0) is 13.3. The van der Waals surface area contributed by atoms with Crippen LogP contribution < -0.4 is 0 Å². The predicted octanol–water partition coefficient (Wildman–Crippen LogP) is 4.12. The van der Waals surface area contributed by atoms with Gasteiger partial charge in [0.15, 0.2) is 0 Å². The molecule has 2 heteroatoms. The number of hydrogen-bond donors (Lipinski definition) is 0. The molecule has 0 bridgehead atoms. The third kappa shape index (κ3) is 8.73. The van der Waals surface area contributed by atoms with Gasteiger partial charge in [0.1, 0.15) is 6.61 Å². The first-order chi connectivity index (χ1) is 7.95. The quantitative estimate of drug-likeness (QED) is 0.379. The van der Waals surface area contributed by atoms with Crippen LogP contribution >= 0.6 is 0 Å². The monoisotopic (exact) mass is 238 g/mol. The van der Waals surface area contributed by atoms with Crippen LogP contribution in [0.5, 0.6) is 0 Å². The second kappa shape index (κ2) is 9.03. The van der Waals surface area contributed by atoms with E-state index in [0.29, 0.717) is 12.5 Å². The minimum atomic E-state index is -0.103. The van der Waals surface area contributed by atoms with Crippen LogP contribution in [0.15, 0.2) is 23.8 Å². The normalized spacial score (nSPS) is 12.8. The van der Waals surface area contributed by atoms with Gasteiger partial charge in [-0.05, 0) is 32.6 Å². The zero-order valence-corrected chi connectivity index (χ0v) is 11.8. The number of unbranched alkanes of at least 4 members (excludes halogenated alkanes) is 1. The van der Waals surface area contributed by atoms with Crippen LogP contribution in [0.2, 0.25) is 0 Å². The van der Waals surface area contributed by atoms with Crippen molar-refractivity contribution in [2.45, 2.75) is 47.5 Å². The maximum atomic E-state index is 11.5. The zero-order valence-electron chi connectivity index (χ0n) is 11.8. The second-order valence-electron chi connectivity index (χ2n) is 4.99. The maximum absolute atomic E-state index is 11.5. The van der Waals surface area contributed by atoms with E-state index in [9.17, 15) is 4.79 Å². The Hall–Kier alpha value is -1.05. The number of carbonyl (C=O) groups is 1. The Balaban J connectivity index is 3.66. The molecule has 0 radical (unpaired) electrons. The van der Waals surface area contributed by atoms with Gasteiger partial charge in [0.05, 0.1) is 5.92 Å². The first-order valence-corrected chi connectivity index (χ1v) is 6.40. The number of ether oxygens (including phenoxy) is 1. The molecule has 1 atom stereocenters. The van der Waals surface area contributed by atoms with E-state index in [1.54, 1.807) is 0 Å². The fourth-order valence-electron chi connectivity index (χ4n) is 1.19. The molecule has 0 aromatic heterocycles. The predicted molar refractivity (Wildman–Crippen MR) is 72.8 cm³/mol. The maximum Gasteiger partial charge on any atom is 0.309 e. The van der Waals surface area contributed by atoms with E-state index in [1.807, 2.05) is 26.8 Å². The summed E-state index contributed by atoms with van der Waals surface area (Å²) in [5.41, 5.74) is 1.34. The molecule has 0 saturated carbocycles. The summed E-state index contributed by atoms with van der Waals surface area (Å²) in [6.45, 7) is 10.6. The average Bonchev–Trinajstić information content (AvgIpc) is 2.25. The summed E-state index contributed by atoms with van der Waals surface area (Å²) in [5.74, 6) is 0.215. The Labute approximate surface area is 106 Å². The highest BCUT2D eigenvalue weighted by Gasteiger charge is 2.17. The lowest BCUT2D eigenvalue weighted by atomic mass is 9.99. The molecule has 1 unspecified atom stereocenters. The van der Waals surface area contributed by atoms with Gasteiger partial charge in [-0.2, -0.15) is 0 Å². The summed E-state index contributed by atoms with van der Waals surface area (Å²) in [7, 11) is 0. The highest BCUT2D eigenvalue weighted by Crippen LogP contribution is 2.11. The molecule has 17 heavy (non-hydrogen) atoms. The fraction of sp³-hybridized carbons (Fsp3) is 0.667. The Morgan fingerprint density at radius 2 is 1.76 bits per heavy atom. The van der Waals surface area contributed by atoms with Crippen molar-refractivity contribution in [3.8, 4) is 0 Å². The molecule has 98 valence electrons. The molecule has 0 spiro atoms. The summed E-state index contributed by atoms with van der Waals surface area (Å²) in [4.78, 5) is 11.5. The van der Waals surface area contributed by atoms with Gasteiger partial charge in [-0.15, -0.1) is 0 Å². The van der Waals surface area contributed by atoms with E-state index in [4.69, 9.17) is 4.74 Å². The number of allylic oxidation sites excluding steroid dienone is 3. The first kappa shape index (κ1) is 16.0. The van der Waals surface area contributed by atoms with E-state index in [0.717, 1.165) is 12.8 Å². The molecule has 0 aromatic rings. The van der Waals surface area contributed by atoms with Crippen molar-refractivity contribution in [2.75, 3.05) is 6.61 Å². The van der Waals surface area contributed by atoms with Crippen LogP contribution in [0.25, 0.3) is 0 Å². The van der Waals surface area contributed by atoms with Crippen LogP contribution in [0, 0.1) is 11.8 Å². The molecular formula is C15H26O2. The lowest BCUT2D eigenvalue weighted by Crippen LogP contribution is -2.19. The standard InChI is InChI=1S/C15H26O2/c1-12(2)10-8-6-7-9-11-17-15(16)14(5)13(3)4/h7,9-10,13-14H,6,8,11H2,1-5H3/b9-7-. The molecule has 0 amide bonds. The molecule has 0 aliphatic carbocycles. The minimum absolute atomic E-state index is 0.0194. The van der Waals surface area contributed by atoms with Crippen molar-refractivity contribution in [1.82, 2.24) is 0 Å². The Bertz CT molecular complexity index is 271. The Kier molecular flexibility index (Phi) is 8.47. The lowest BCUT2D eigenvalue weighted by molar-refractivity contribution is -0.148. The van der Waals surface area contributed by atoms with Gasteiger partial charge in [0.2, 0.25) is 0 Å². The van der Waals surface area contributed by atoms with Crippen molar-refractivity contribution < 1.29 is 9.53 Å². The van der Waals surface area contributed by atoms with Crippen molar-refractivity contribution in [3.05, 3.63) is 23.8 Å². The second-order valence-corrected chi connectivity index (χ2v) is 4.99.